The smallest absolute Gasteiger partial charge is 0.307 e. The fourth-order valence-electron chi connectivity index (χ4n) is 1.96. The maximum Gasteiger partial charge on any atom is 0.307 e. The fraction of sp³-hybridized carbons (Fsp3) is 0.571. The van der Waals surface area contributed by atoms with Crippen LogP contribution in [0.4, 0.5) is 0 Å². The van der Waals surface area contributed by atoms with E-state index in [0.717, 1.165) is 17.7 Å². The molecule has 0 aliphatic carbocycles. The Hall–Kier alpha value is -1.40. The van der Waals surface area contributed by atoms with Gasteiger partial charge < -0.3 is 15.8 Å². The topological polar surface area (TPSA) is 81.4 Å². The van der Waals surface area contributed by atoms with E-state index >= 15 is 0 Å². The Labute approximate surface area is 123 Å². The van der Waals surface area contributed by atoms with Crippen molar-refractivity contribution >= 4 is 23.2 Å². The minimum atomic E-state index is -0.346. The molecule has 5 nitrogen and oxygen atoms in total. The molecule has 0 bridgehead atoms. The minimum Gasteiger partial charge on any atom is -0.469 e. The molecule has 0 aliphatic rings. The van der Waals surface area contributed by atoms with Crippen molar-refractivity contribution in [3.05, 3.63) is 22.4 Å². The molecule has 0 saturated carbocycles. The average molecular weight is 298 g/mol. The van der Waals surface area contributed by atoms with Gasteiger partial charge in [-0.3, -0.25) is 9.59 Å². The number of carbonyl (C=O) groups is 2. The summed E-state index contributed by atoms with van der Waals surface area (Å²) in [4.78, 5) is 24.6. The van der Waals surface area contributed by atoms with Crippen LogP contribution in [-0.2, 0) is 14.3 Å². The summed E-state index contributed by atoms with van der Waals surface area (Å²) in [6.45, 7) is 2.33. The van der Waals surface area contributed by atoms with Crippen molar-refractivity contribution in [2.75, 3.05) is 13.7 Å². The lowest BCUT2D eigenvalue weighted by molar-refractivity contribution is -0.141. The number of methoxy groups -OCH3 is 1. The van der Waals surface area contributed by atoms with Gasteiger partial charge in [0, 0.05) is 11.4 Å². The number of hydrogen-bond donors (Lipinski definition) is 2. The number of ether oxygens (including phenoxy) is 1. The first kappa shape index (κ1) is 16.7. The van der Waals surface area contributed by atoms with E-state index < -0.39 is 0 Å². The van der Waals surface area contributed by atoms with E-state index in [1.165, 1.54) is 18.4 Å². The Morgan fingerprint density at radius 1 is 1.50 bits per heavy atom. The summed E-state index contributed by atoms with van der Waals surface area (Å²) in [7, 11) is 1.34. The van der Waals surface area contributed by atoms with Gasteiger partial charge in [-0.2, -0.15) is 0 Å². The first-order valence-electron chi connectivity index (χ1n) is 6.73. The maximum atomic E-state index is 12.2. The van der Waals surface area contributed by atoms with Crippen molar-refractivity contribution in [1.29, 1.82) is 0 Å². The molecule has 20 heavy (non-hydrogen) atoms. The van der Waals surface area contributed by atoms with Crippen LogP contribution in [-0.4, -0.2) is 25.5 Å². The van der Waals surface area contributed by atoms with E-state index in [9.17, 15) is 9.59 Å². The quantitative estimate of drug-likeness (QED) is 0.718. The Bertz CT molecular complexity index is 420. The molecule has 1 aromatic rings. The van der Waals surface area contributed by atoms with Crippen LogP contribution in [0.2, 0.25) is 0 Å². The minimum absolute atomic E-state index is 0.100. The van der Waals surface area contributed by atoms with Gasteiger partial charge in [0.1, 0.15) is 0 Å². The average Bonchev–Trinajstić information content (AvgIpc) is 2.97. The van der Waals surface area contributed by atoms with Gasteiger partial charge in [0.2, 0.25) is 5.91 Å². The molecular formula is C14H22N2O3S. The van der Waals surface area contributed by atoms with E-state index in [1.54, 1.807) is 0 Å². The molecular weight excluding hydrogens is 276 g/mol. The van der Waals surface area contributed by atoms with Crippen LogP contribution in [0.25, 0.3) is 0 Å². The van der Waals surface area contributed by atoms with Crippen molar-refractivity contribution in [2.45, 2.75) is 32.2 Å². The highest BCUT2D eigenvalue weighted by atomic mass is 32.1. The van der Waals surface area contributed by atoms with Crippen molar-refractivity contribution in [2.24, 2.45) is 11.7 Å². The van der Waals surface area contributed by atoms with Gasteiger partial charge in [-0.25, -0.2) is 0 Å². The lowest BCUT2D eigenvalue weighted by atomic mass is 10.0. The number of carbonyl (C=O) groups excluding carboxylic acids is 2. The third kappa shape index (κ3) is 4.94. The molecule has 2 unspecified atom stereocenters. The lowest BCUT2D eigenvalue weighted by Crippen LogP contribution is -2.38. The van der Waals surface area contributed by atoms with E-state index in [1.807, 2.05) is 24.4 Å². The molecule has 1 heterocycles. The largest absolute Gasteiger partial charge is 0.469 e. The molecule has 0 aromatic carbocycles. The van der Waals surface area contributed by atoms with Crippen molar-refractivity contribution in [3.8, 4) is 0 Å². The number of nitrogens with two attached hydrogens (primary N) is 1. The number of thiophene rings is 1. The van der Waals surface area contributed by atoms with Crippen LogP contribution in [0.3, 0.4) is 0 Å². The van der Waals surface area contributed by atoms with Gasteiger partial charge in [0.05, 0.1) is 25.5 Å². The Morgan fingerprint density at radius 2 is 2.25 bits per heavy atom. The molecule has 0 spiro atoms. The van der Waals surface area contributed by atoms with Gasteiger partial charge in [-0.15, -0.1) is 11.3 Å². The molecule has 3 N–H and O–H groups in total. The number of rotatable bonds is 8. The standard InChI is InChI=1S/C14H22N2O3S/c1-3-5-10(9-15)14(18)16-11(8-13(17)19-2)12-6-4-7-20-12/h4,6-7,10-11H,3,5,8-9,15H2,1-2H3,(H,16,18). The number of esters is 1. The molecule has 112 valence electrons. The highest BCUT2D eigenvalue weighted by Crippen LogP contribution is 2.23. The summed E-state index contributed by atoms with van der Waals surface area (Å²) in [6, 6.07) is 3.44. The van der Waals surface area contributed by atoms with Crippen LogP contribution in [0.15, 0.2) is 17.5 Å². The van der Waals surface area contributed by atoms with E-state index in [4.69, 9.17) is 5.73 Å². The maximum absolute atomic E-state index is 12.2. The summed E-state index contributed by atoms with van der Waals surface area (Å²) in [5, 5.41) is 4.83. The highest BCUT2D eigenvalue weighted by molar-refractivity contribution is 7.10. The SMILES string of the molecule is CCCC(CN)C(=O)NC(CC(=O)OC)c1cccs1. The first-order chi connectivity index (χ1) is 9.62. The highest BCUT2D eigenvalue weighted by Gasteiger charge is 2.23. The Morgan fingerprint density at radius 3 is 2.75 bits per heavy atom. The number of nitrogens with one attached hydrogen (secondary N) is 1. The van der Waals surface area contributed by atoms with E-state index in [2.05, 4.69) is 10.1 Å². The third-order valence-electron chi connectivity index (χ3n) is 3.09. The summed E-state index contributed by atoms with van der Waals surface area (Å²) in [5.41, 5.74) is 5.63. The van der Waals surface area contributed by atoms with Gasteiger partial charge in [-0.05, 0) is 17.9 Å². The molecule has 0 aliphatic heterocycles. The predicted octanol–water partition coefficient (Wildman–Crippen LogP) is 1.84. The van der Waals surface area contributed by atoms with Crippen molar-refractivity contribution in [1.82, 2.24) is 5.32 Å². The van der Waals surface area contributed by atoms with Crippen LogP contribution in [0, 0.1) is 5.92 Å². The first-order valence-corrected chi connectivity index (χ1v) is 7.61. The second-order valence-corrected chi connectivity index (χ2v) is 5.56. The monoisotopic (exact) mass is 298 g/mol. The normalized spacial score (nSPS) is 13.6. The lowest BCUT2D eigenvalue weighted by Gasteiger charge is -2.20. The molecule has 1 aromatic heterocycles. The molecule has 0 saturated heterocycles. The van der Waals surface area contributed by atoms with Crippen molar-refractivity contribution < 1.29 is 14.3 Å². The molecule has 0 fully saturated rings. The van der Waals surface area contributed by atoms with Crippen LogP contribution >= 0.6 is 11.3 Å². The zero-order valence-electron chi connectivity index (χ0n) is 11.9. The summed E-state index contributed by atoms with van der Waals surface area (Å²) in [6.07, 6.45) is 1.78. The van der Waals surface area contributed by atoms with Gasteiger partial charge in [0.15, 0.2) is 0 Å². The molecule has 6 heteroatoms. The van der Waals surface area contributed by atoms with E-state index in [0.29, 0.717) is 6.54 Å². The Balaban J connectivity index is 2.74. The van der Waals surface area contributed by atoms with Gasteiger partial charge >= 0.3 is 5.97 Å². The van der Waals surface area contributed by atoms with Crippen molar-refractivity contribution in [3.63, 3.8) is 0 Å². The molecule has 2 atom stereocenters. The number of amides is 1. The second-order valence-electron chi connectivity index (χ2n) is 4.58. The van der Waals surface area contributed by atoms with Gasteiger partial charge in [-0.1, -0.05) is 19.4 Å². The number of hydrogen-bond acceptors (Lipinski definition) is 5. The molecule has 1 rings (SSSR count). The third-order valence-corrected chi connectivity index (χ3v) is 4.08. The fourth-order valence-corrected chi connectivity index (χ4v) is 2.73. The zero-order chi connectivity index (χ0) is 15.0. The van der Waals surface area contributed by atoms with Crippen LogP contribution in [0.1, 0.15) is 37.1 Å². The summed E-state index contributed by atoms with van der Waals surface area (Å²) < 4.78 is 4.68. The summed E-state index contributed by atoms with van der Waals surface area (Å²) >= 11 is 1.50. The molecule has 0 radical (unpaired) electrons. The Kier molecular flexibility index (Phi) is 7.25. The van der Waals surface area contributed by atoms with Gasteiger partial charge in [0.25, 0.3) is 0 Å². The second kappa shape index (κ2) is 8.71. The zero-order valence-corrected chi connectivity index (χ0v) is 12.7. The van der Waals surface area contributed by atoms with E-state index in [-0.39, 0.29) is 30.3 Å². The molecule has 1 amide bonds. The summed E-state index contributed by atoms with van der Waals surface area (Å²) in [5.74, 6) is -0.653. The van der Waals surface area contributed by atoms with Crippen LogP contribution < -0.4 is 11.1 Å². The van der Waals surface area contributed by atoms with Crippen LogP contribution in [0.5, 0.6) is 0 Å². The predicted molar refractivity (Wildman–Crippen MR) is 79.3 cm³/mol.